The van der Waals surface area contributed by atoms with E-state index in [1.165, 1.54) is 21.3 Å². The first-order chi connectivity index (χ1) is 13.9. The molecule has 156 valence electrons. The van der Waals surface area contributed by atoms with Gasteiger partial charge in [0.1, 0.15) is 5.75 Å². The molecule has 0 radical (unpaired) electrons. The van der Waals surface area contributed by atoms with E-state index in [4.69, 9.17) is 18.9 Å². The maximum absolute atomic E-state index is 12.2. The van der Waals surface area contributed by atoms with Crippen molar-refractivity contribution in [1.82, 2.24) is 5.32 Å². The molecule has 0 aliphatic carbocycles. The number of carbonyl (C=O) groups is 2. The average molecular weight is 402 g/mol. The Bertz CT molecular complexity index is 866. The number of carbonyl (C=O) groups excluding carboxylic acids is 2. The molecule has 8 heteroatoms. The van der Waals surface area contributed by atoms with Crippen molar-refractivity contribution in [2.45, 2.75) is 6.54 Å². The molecule has 0 aliphatic heterocycles. The second-order valence-electron chi connectivity index (χ2n) is 6.32. The highest BCUT2D eigenvalue weighted by atomic mass is 16.5. The molecule has 0 aromatic heterocycles. The summed E-state index contributed by atoms with van der Waals surface area (Å²) in [6.07, 6.45) is 0. The van der Waals surface area contributed by atoms with E-state index in [2.05, 4.69) is 5.32 Å². The first-order valence-electron chi connectivity index (χ1n) is 8.89. The maximum Gasteiger partial charge on any atom is 0.338 e. The number of nitrogens with zero attached hydrogens (tertiary/aromatic N) is 1. The summed E-state index contributed by atoms with van der Waals surface area (Å²) in [7, 11) is 8.33. The van der Waals surface area contributed by atoms with Crippen molar-refractivity contribution < 1.29 is 28.5 Å². The van der Waals surface area contributed by atoms with Crippen molar-refractivity contribution in [2.24, 2.45) is 0 Å². The van der Waals surface area contributed by atoms with Gasteiger partial charge in [-0.05, 0) is 24.3 Å². The monoisotopic (exact) mass is 402 g/mol. The van der Waals surface area contributed by atoms with E-state index in [0.717, 1.165) is 5.69 Å². The normalized spacial score (nSPS) is 10.1. The van der Waals surface area contributed by atoms with Gasteiger partial charge in [0.25, 0.3) is 5.91 Å². The Labute approximate surface area is 170 Å². The van der Waals surface area contributed by atoms with E-state index in [9.17, 15) is 9.59 Å². The quantitative estimate of drug-likeness (QED) is 0.644. The Morgan fingerprint density at radius 1 is 0.931 bits per heavy atom. The number of hydrogen-bond acceptors (Lipinski definition) is 7. The predicted octanol–water partition coefficient (Wildman–Crippen LogP) is 2.25. The first kappa shape index (κ1) is 21.9. The van der Waals surface area contributed by atoms with Gasteiger partial charge in [-0.2, -0.15) is 0 Å². The third-order valence-electron chi connectivity index (χ3n) is 4.20. The minimum absolute atomic E-state index is 0.177. The zero-order valence-electron chi connectivity index (χ0n) is 17.3. The van der Waals surface area contributed by atoms with Gasteiger partial charge in [0, 0.05) is 38.0 Å². The van der Waals surface area contributed by atoms with Gasteiger partial charge >= 0.3 is 5.97 Å². The van der Waals surface area contributed by atoms with E-state index in [1.807, 2.05) is 25.1 Å². The third kappa shape index (κ3) is 5.78. The number of esters is 1. The molecule has 0 saturated heterocycles. The minimum Gasteiger partial charge on any atom is -0.496 e. The SMILES string of the molecule is COc1cc(OC)c(OC)cc1CNC(=O)COC(=O)c1cccc(N(C)C)c1. The van der Waals surface area contributed by atoms with Crippen molar-refractivity contribution in [3.05, 3.63) is 47.5 Å². The van der Waals surface area contributed by atoms with Gasteiger partial charge in [-0.25, -0.2) is 4.79 Å². The van der Waals surface area contributed by atoms with Crippen molar-refractivity contribution in [2.75, 3.05) is 46.9 Å². The molecule has 0 heterocycles. The second kappa shape index (κ2) is 10.2. The number of rotatable bonds is 9. The molecule has 0 bridgehead atoms. The van der Waals surface area contributed by atoms with Crippen molar-refractivity contribution in [3.8, 4) is 17.2 Å². The standard InChI is InChI=1S/C21H26N2O6/c1-23(2)16-8-6-7-14(9-16)21(25)29-13-20(24)22-12-15-10-18(27-4)19(28-5)11-17(15)26-3/h6-11H,12-13H2,1-5H3,(H,22,24). The smallest absolute Gasteiger partial charge is 0.338 e. The van der Waals surface area contributed by atoms with Crippen LogP contribution in [0.4, 0.5) is 5.69 Å². The van der Waals surface area contributed by atoms with E-state index >= 15 is 0 Å². The van der Waals surface area contributed by atoms with Gasteiger partial charge in [-0.3, -0.25) is 4.79 Å². The molecule has 8 nitrogen and oxygen atoms in total. The summed E-state index contributed by atoms with van der Waals surface area (Å²) >= 11 is 0. The predicted molar refractivity (Wildman–Crippen MR) is 109 cm³/mol. The Hall–Kier alpha value is -3.42. The van der Waals surface area contributed by atoms with Crippen molar-refractivity contribution in [1.29, 1.82) is 0 Å². The molecule has 0 spiro atoms. The fraction of sp³-hybridized carbons (Fsp3) is 0.333. The minimum atomic E-state index is -0.562. The Balaban J connectivity index is 1.95. The largest absolute Gasteiger partial charge is 0.496 e. The fourth-order valence-corrected chi connectivity index (χ4v) is 2.60. The van der Waals surface area contributed by atoms with E-state index in [-0.39, 0.29) is 13.2 Å². The summed E-state index contributed by atoms with van der Waals surface area (Å²) < 4.78 is 20.9. The highest BCUT2D eigenvalue weighted by molar-refractivity contribution is 5.92. The summed E-state index contributed by atoms with van der Waals surface area (Å²) in [4.78, 5) is 26.2. The molecule has 2 aromatic carbocycles. The van der Waals surface area contributed by atoms with Crippen LogP contribution in [-0.2, 0) is 16.1 Å². The molecule has 0 saturated carbocycles. The lowest BCUT2D eigenvalue weighted by Gasteiger charge is -2.15. The van der Waals surface area contributed by atoms with Gasteiger partial charge in [-0.1, -0.05) is 6.07 Å². The van der Waals surface area contributed by atoms with Crippen LogP contribution in [0.3, 0.4) is 0 Å². The number of methoxy groups -OCH3 is 3. The first-order valence-corrected chi connectivity index (χ1v) is 8.89. The number of ether oxygens (including phenoxy) is 4. The highest BCUT2D eigenvalue weighted by Gasteiger charge is 2.14. The molecule has 0 atom stereocenters. The van der Waals surface area contributed by atoms with Crippen LogP contribution in [0.15, 0.2) is 36.4 Å². The lowest BCUT2D eigenvalue weighted by molar-refractivity contribution is -0.124. The fourth-order valence-electron chi connectivity index (χ4n) is 2.60. The summed E-state index contributed by atoms with van der Waals surface area (Å²) in [5, 5.41) is 2.70. The molecule has 0 unspecified atom stereocenters. The molecule has 0 aliphatic rings. The number of benzene rings is 2. The summed E-state index contributed by atoms with van der Waals surface area (Å²) in [6, 6.07) is 10.4. The number of hydrogen-bond donors (Lipinski definition) is 1. The topological polar surface area (TPSA) is 86.3 Å². The van der Waals surface area contributed by atoms with Crippen LogP contribution in [0, 0.1) is 0 Å². The second-order valence-corrected chi connectivity index (χ2v) is 6.32. The molecule has 29 heavy (non-hydrogen) atoms. The van der Waals surface area contributed by atoms with Crippen LogP contribution in [0.1, 0.15) is 15.9 Å². The van der Waals surface area contributed by atoms with Crippen LogP contribution in [0.25, 0.3) is 0 Å². The maximum atomic E-state index is 12.2. The van der Waals surface area contributed by atoms with Crippen LogP contribution >= 0.6 is 0 Å². The van der Waals surface area contributed by atoms with Gasteiger partial charge in [0.15, 0.2) is 18.1 Å². The van der Waals surface area contributed by atoms with Gasteiger partial charge < -0.3 is 29.2 Å². The summed E-state index contributed by atoms with van der Waals surface area (Å²) in [5.74, 6) is 0.588. The highest BCUT2D eigenvalue weighted by Crippen LogP contribution is 2.34. The van der Waals surface area contributed by atoms with E-state index in [0.29, 0.717) is 28.4 Å². The van der Waals surface area contributed by atoms with E-state index in [1.54, 1.807) is 30.3 Å². The van der Waals surface area contributed by atoms with Crippen LogP contribution in [0.2, 0.25) is 0 Å². The molecular weight excluding hydrogens is 376 g/mol. The van der Waals surface area contributed by atoms with Crippen molar-refractivity contribution in [3.63, 3.8) is 0 Å². The molecule has 2 rings (SSSR count). The van der Waals surface area contributed by atoms with Crippen LogP contribution in [0.5, 0.6) is 17.2 Å². The number of amides is 1. The zero-order chi connectivity index (χ0) is 21.4. The zero-order valence-corrected chi connectivity index (χ0v) is 17.3. The average Bonchev–Trinajstić information content (AvgIpc) is 2.75. The lowest BCUT2D eigenvalue weighted by atomic mass is 10.1. The van der Waals surface area contributed by atoms with Gasteiger partial charge in [0.2, 0.25) is 0 Å². The molecule has 1 amide bonds. The molecular formula is C21H26N2O6. The lowest BCUT2D eigenvalue weighted by Crippen LogP contribution is -2.28. The Kier molecular flexibility index (Phi) is 7.70. The summed E-state index contributed by atoms with van der Waals surface area (Å²) in [6.45, 7) is -0.212. The molecule has 0 fully saturated rings. The van der Waals surface area contributed by atoms with Crippen LogP contribution in [-0.4, -0.2) is 53.9 Å². The Morgan fingerprint density at radius 2 is 1.59 bits per heavy atom. The number of anilines is 1. The third-order valence-corrected chi connectivity index (χ3v) is 4.20. The van der Waals surface area contributed by atoms with Gasteiger partial charge in [-0.15, -0.1) is 0 Å². The molecule has 2 aromatic rings. The Morgan fingerprint density at radius 3 is 2.21 bits per heavy atom. The van der Waals surface area contributed by atoms with E-state index < -0.39 is 11.9 Å². The summed E-state index contributed by atoms with van der Waals surface area (Å²) in [5.41, 5.74) is 1.94. The number of nitrogens with one attached hydrogen (secondary N) is 1. The van der Waals surface area contributed by atoms with Gasteiger partial charge in [0.05, 0.1) is 26.9 Å². The van der Waals surface area contributed by atoms with Crippen LogP contribution < -0.4 is 24.4 Å². The molecule has 1 N–H and O–H groups in total. The van der Waals surface area contributed by atoms with Crippen molar-refractivity contribution >= 4 is 17.6 Å².